The fourth-order valence-corrected chi connectivity index (χ4v) is 10.3. The maximum absolute atomic E-state index is 2.45. The number of allylic oxidation sites excluding steroid dienone is 4. The molecule has 0 bridgehead atoms. The summed E-state index contributed by atoms with van der Waals surface area (Å²) < 4.78 is 1.58. The number of aryl methyl sites for hydroxylation is 4. The molecule has 0 saturated heterocycles. The molecule has 0 radical (unpaired) electrons. The zero-order valence-corrected chi connectivity index (χ0v) is 23.9. The van der Waals surface area contributed by atoms with Crippen molar-refractivity contribution in [2.75, 3.05) is 0 Å². The van der Waals surface area contributed by atoms with Gasteiger partial charge in [0, 0.05) is 0 Å². The van der Waals surface area contributed by atoms with Crippen LogP contribution in [-0.4, -0.2) is 8.80 Å². The van der Waals surface area contributed by atoms with Gasteiger partial charge >= 0.3 is 179 Å². The first kappa shape index (κ1) is 29.7. The van der Waals surface area contributed by atoms with E-state index in [1.54, 1.807) is 30.6 Å². The van der Waals surface area contributed by atoms with Crippen LogP contribution in [-0.2, 0) is 20.4 Å². The molecule has 3 rings (SSSR count). The summed E-state index contributed by atoms with van der Waals surface area (Å²) in [7, 11) is -1.45. The van der Waals surface area contributed by atoms with Crippen molar-refractivity contribution in [1.82, 2.24) is 0 Å². The minimum absolute atomic E-state index is 0. The summed E-state index contributed by atoms with van der Waals surface area (Å²) in [5, 5.41) is 4.88. The van der Waals surface area contributed by atoms with E-state index in [9.17, 15) is 0 Å². The molecule has 0 saturated carbocycles. The first-order valence-electron chi connectivity index (χ1n) is 9.98. The molecule has 0 aromatic heterocycles. The number of benzene rings is 2. The monoisotopic (exact) mass is 512 g/mol. The summed E-state index contributed by atoms with van der Waals surface area (Å²) in [6.45, 7) is 16.0. The molecular formula is C25H31Cl3SiTi. The normalized spacial score (nSPS) is 13.4. The van der Waals surface area contributed by atoms with Gasteiger partial charge in [0.1, 0.15) is 0 Å². The van der Waals surface area contributed by atoms with Crippen LogP contribution in [0.1, 0.15) is 49.4 Å². The predicted octanol–water partition coefficient (Wildman–Crippen LogP) is -4.01. The van der Waals surface area contributed by atoms with Gasteiger partial charge in [-0.15, -0.1) is 0 Å². The number of halogens is 3. The van der Waals surface area contributed by atoms with Gasteiger partial charge in [-0.3, -0.25) is 0 Å². The Kier molecular flexibility index (Phi) is 12.0. The van der Waals surface area contributed by atoms with Crippen LogP contribution in [0.2, 0.25) is 0 Å². The van der Waals surface area contributed by atoms with E-state index < -0.39 is 8.80 Å². The van der Waals surface area contributed by atoms with Crippen molar-refractivity contribution in [3.8, 4) is 0 Å². The molecule has 1 aliphatic rings. The quantitative estimate of drug-likeness (QED) is 0.366. The largest absolute Gasteiger partial charge is 1.00 e. The average molecular weight is 514 g/mol. The first-order valence-corrected chi connectivity index (χ1v) is 12.5. The van der Waals surface area contributed by atoms with Gasteiger partial charge in [0.05, 0.1) is 0 Å². The Morgan fingerprint density at radius 3 is 1.37 bits per heavy atom. The van der Waals surface area contributed by atoms with E-state index >= 15 is 0 Å². The van der Waals surface area contributed by atoms with Gasteiger partial charge in [0.2, 0.25) is 0 Å². The molecule has 0 atom stereocenters. The second kappa shape index (κ2) is 12.1. The van der Waals surface area contributed by atoms with E-state index in [1.807, 2.05) is 0 Å². The standard InChI is InChI=1S/C25H31Si.3ClH.Ti/c1-16(2)25-15-24(14-21(25)7)26(22-10-17(3)8-18(4)11-22)23-12-19(5)9-20(6)13-23;;;;/h8-13,16,26H,14H2,1-7H3;3*1H;/q;;;;+3/p-3. The van der Waals surface area contributed by atoms with Crippen LogP contribution in [0.4, 0.5) is 0 Å². The Hall–Kier alpha value is -0.279. The van der Waals surface area contributed by atoms with Gasteiger partial charge in [0.25, 0.3) is 0 Å². The summed E-state index contributed by atoms with van der Waals surface area (Å²) in [4.78, 5) is 0. The summed E-state index contributed by atoms with van der Waals surface area (Å²) in [6.07, 6.45) is 1.16. The molecule has 160 valence electrons. The van der Waals surface area contributed by atoms with Crippen molar-refractivity contribution in [3.05, 3.63) is 78.9 Å². The van der Waals surface area contributed by atoms with E-state index in [4.69, 9.17) is 0 Å². The first-order chi connectivity index (χ1) is 12.7. The van der Waals surface area contributed by atoms with Gasteiger partial charge in [-0.05, 0) is 0 Å². The number of hydrogen-bond acceptors (Lipinski definition) is 0. The topological polar surface area (TPSA) is 0 Å². The molecule has 0 heterocycles. The second-order valence-electron chi connectivity index (χ2n) is 8.70. The predicted molar refractivity (Wildman–Crippen MR) is 117 cm³/mol. The van der Waals surface area contributed by atoms with Crippen molar-refractivity contribution in [2.24, 2.45) is 5.92 Å². The van der Waals surface area contributed by atoms with E-state index in [0.29, 0.717) is 5.92 Å². The van der Waals surface area contributed by atoms with Crippen molar-refractivity contribution in [1.29, 1.82) is 0 Å². The summed E-state index contributed by atoms with van der Waals surface area (Å²) in [6, 6.07) is 14.4. The van der Waals surface area contributed by atoms with Gasteiger partial charge < -0.3 is 37.2 Å². The van der Waals surface area contributed by atoms with Crippen molar-refractivity contribution >= 4 is 19.2 Å². The molecule has 2 aromatic rings. The zero-order chi connectivity index (χ0) is 19.9. The van der Waals surface area contributed by atoms with Crippen LogP contribution < -0.4 is 47.6 Å². The SMILES string of the molecule is CC1=C(C(C)C)[C]([Ti+3])=C([SiH](c2cc(C)cc(C)c2)c2cc(C)cc(C)c2)C1.[Cl-].[Cl-].[Cl-]. The number of hydrogen-bond donors (Lipinski definition) is 0. The molecule has 1 aliphatic carbocycles. The third kappa shape index (κ3) is 6.38. The Balaban J connectivity index is 0.00000280. The molecular weight excluding hydrogens is 483 g/mol. The minimum atomic E-state index is -1.45. The van der Waals surface area contributed by atoms with E-state index in [0.717, 1.165) is 6.42 Å². The van der Waals surface area contributed by atoms with Crippen molar-refractivity contribution in [3.63, 3.8) is 0 Å². The van der Waals surface area contributed by atoms with Crippen LogP contribution in [0.3, 0.4) is 0 Å². The van der Waals surface area contributed by atoms with E-state index in [-0.39, 0.29) is 37.2 Å². The zero-order valence-electron chi connectivity index (χ0n) is 19.0. The van der Waals surface area contributed by atoms with Gasteiger partial charge in [-0.1, -0.05) is 0 Å². The van der Waals surface area contributed by atoms with Crippen LogP contribution >= 0.6 is 0 Å². The second-order valence-corrected chi connectivity index (χ2v) is 12.4. The molecule has 0 N–H and O–H groups in total. The molecule has 0 amide bonds. The summed E-state index contributed by atoms with van der Waals surface area (Å²) in [5.74, 6) is 0.607. The molecule has 0 nitrogen and oxygen atoms in total. The molecule has 5 heteroatoms. The fourth-order valence-electron chi connectivity index (χ4n) is 4.83. The fraction of sp³-hybridized carbons (Fsp3) is 0.360. The van der Waals surface area contributed by atoms with E-state index in [2.05, 4.69) is 105 Å². The van der Waals surface area contributed by atoms with E-state index in [1.165, 1.54) is 22.3 Å². The molecule has 0 unspecified atom stereocenters. The van der Waals surface area contributed by atoms with Gasteiger partial charge in [-0.2, -0.15) is 0 Å². The Bertz CT molecular complexity index is 869. The summed E-state index contributed by atoms with van der Waals surface area (Å²) in [5.41, 5.74) is 8.74. The molecule has 30 heavy (non-hydrogen) atoms. The van der Waals surface area contributed by atoms with Gasteiger partial charge in [0.15, 0.2) is 0 Å². The van der Waals surface area contributed by atoms with Crippen LogP contribution in [0, 0.1) is 33.6 Å². The molecule has 0 fully saturated rings. The Morgan fingerprint density at radius 1 is 0.700 bits per heavy atom. The molecule has 0 aliphatic heterocycles. The van der Waals surface area contributed by atoms with Crippen molar-refractivity contribution < 1.29 is 57.7 Å². The van der Waals surface area contributed by atoms with Crippen molar-refractivity contribution in [2.45, 2.75) is 54.9 Å². The van der Waals surface area contributed by atoms with Gasteiger partial charge in [-0.25, -0.2) is 0 Å². The average Bonchev–Trinajstić information content (AvgIpc) is 2.80. The smallest absolute Gasteiger partial charge is 1.00 e. The number of rotatable bonds is 4. The Morgan fingerprint density at radius 2 is 1.07 bits per heavy atom. The molecule has 0 spiro atoms. The minimum Gasteiger partial charge on any atom is -1.00 e. The Labute approximate surface area is 215 Å². The van der Waals surface area contributed by atoms with Crippen LogP contribution in [0.15, 0.2) is 56.6 Å². The third-order valence-corrected chi connectivity index (χ3v) is 10.1. The molecule has 2 aromatic carbocycles. The maximum atomic E-state index is 2.45. The van der Waals surface area contributed by atoms with Crippen LogP contribution in [0.5, 0.6) is 0 Å². The summed E-state index contributed by atoms with van der Waals surface area (Å²) >= 11 is 2.38. The third-order valence-electron chi connectivity index (χ3n) is 5.59. The van der Waals surface area contributed by atoms with Crippen LogP contribution in [0.25, 0.3) is 0 Å². The maximum Gasteiger partial charge on any atom is -1.00 e.